The van der Waals surface area contributed by atoms with E-state index in [-0.39, 0.29) is 29.0 Å². The van der Waals surface area contributed by atoms with Gasteiger partial charge in [0.05, 0.1) is 31.3 Å². The van der Waals surface area contributed by atoms with Gasteiger partial charge in [-0.25, -0.2) is 13.2 Å². The molecule has 1 aromatic rings. The molecular formula is C11H17NO5S2. The molecule has 19 heavy (non-hydrogen) atoms. The first-order chi connectivity index (χ1) is 8.85. The zero-order chi connectivity index (χ0) is 14.5. The van der Waals surface area contributed by atoms with Crippen LogP contribution in [-0.2, 0) is 19.5 Å². The maximum atomic E-state index is 11.8. The van der Waals surface area contributed by atoms with Gasteiger partial charge in [0, 0.05) is 0 Å². The first kappa shape index (κ1) is 15.9. The van der Waals surface area contributed by atoms with Crippen LogP contribution in [0.3, 0.4) is 0 Å². The van der Waals surface area contributed by atoms with Crippen LogP contribution in [0, 0.1) is 0 Å². The summed E-state index contributed by atoms with van der Waals surface area (Å²) in [5, 5.41) is 1.62. The number of hydrogen-bond acceptors (Lipinski definition) is 6. The van der Waals surface area contributed by atoms with Gasteiger partial charge in [-0.15, -0.1) is 11.3 Å². The van der Waals surface area contributed by atoms with E-state index in [0.29, 0.717) is 0 Å². The van der Waals surface area contributed by atoms with E-state index in [4.69, 9.17) is 4.74 Å². The number of carbonyl (C=O) groups excluding carboxylic acids is 1. The van der Waals surface area contributed by atoms with Gasteiger partial charge in [0.25, 0.3) is 0 Å². The fourth-order valence-electron chi connectivity index (χ4n) is 1.25. The van der Waals surface area contributed by atoms with Crippen molar-refractivity contribution in [3.63, 3.8) is 0 Å². The highest BCUT2D eigenvalue weighted by molar-refractivity contribution is 7.92. The second-order valence-electron chi connectivity index (χ2n) is 4.00. The number of methoxy groups -OCH3 is 1. The van der Waals surface area contributed by atoms with Gasteiger partial charge < -0.3 is 9.47 Å². The van der Waals surface area contributed by atoms with Crippen molar-refractivity contribution < 1.29 is 22.7 Å². The molecule has 1 rings (SSSR count). The number of rotatable bonds is 7. The maximum absolute atomic E-state index is 11.8. The highest BCUT2D eigenvalue weighted by atomic mass is 32.2. The Labute approximate surface area is 116 Å². The molecule has 0 saturated heterocycles. The van der Waals surface area contributed by atoms with E-state index in [1.807, 2.05) is 13.8 Å². The molecule has 0 bridgehead atoms. The van der Waals surface area contributed by atoms with Gasteiger partial charge in [-0.05, 0) is 25.3 Å². The van der Waals surface area contributed by atoms with E-state index < -0.39 is 16.0 Å². The monoisotopic (exact) mass is 307 g/mol. The van der Waals surface area contributed by atoms with Crippen LogP contribution in [0.4, 0.5) is 5.69 Å². The molecule has 0 aromatic carbocycles. The largest absolute Gasteiger partial charge is 0.465 e. The Hall–Kier alpha value is -1.12. The first-order valence-electron chi connectivity index (χ1n) is 5.63. The molecule has 0 aliphatic heterocycles. The molecule has 108 valence electrons. The Bertz CT molecular complexity index is 521. The maximum Gasteiger partial charge on any atom is 0.350 e. The van der Waals surface area contributed by atoms with E-state index in [1.165, 1.54) is 13.2 Å². The number of esters is 1. The van der Waals surface area contributed by atoms with Crippen LogP contribution in [0.1, 0.15) is 23.5 Å². The summed E-state index contributed by atoms with van der Waals surface area (Å²) in [4.78, 5) is 11.6. The van der Waals surface area contributed by atoms with Crippen molar-refractivity contribution in [1.82, 2.24) is 0 Å². The molecule has 0 radical (unpaired) electrons. The van der Waals surface area contributed by atoms with Crippen LogP contribution < -0.4 is 4.72 Å². The third-order valence-electron chi connectivity index (χ3n) is 2.10. The molecule has 8 heteroatoms. The number of hydrogen-bond donors (Lipinski definition) is 1. The van der Waals surface area contributed by atoms with Crippen LogP contribution in [0.5, 0.6) is 0 Å². The smallest absolute Gasteiger partial charge is 0.350 e. The van der Waals surface area contributed by atoms with E-state index in [1.54, 1.807) is 5.38 Å². The Morgan fingerprint density at radius 3 is 2.74 bits per heavy atom. The third kappa shape index (κ3) is 5.17. The Balaban J connectivity index is 2.68. The lowest BCUT2D eigenvalue weighted by Crippen LogP contribution is -2.22. The van der Waals surface area contributed by atoms with Gasteiger partial charge in [-0.2, -0.15) is 0 Å². The van der Waals surface area contributed by atoms with Crippen molar-refractivity contribution in [1.29, 1.82) is 0 Å². The number of nitrogens with one attached hydrogen (secondary N) is 1. The Kier molecular flexibility index (Phi) is 5.77. The van der Waals surface area contributed by atoms with Gasteiger partial charge in [0.15, 0.2) is 0 Å². The second kappa shape index (κ2) is 6.88. The van der Waals surface area contributed by atoms with Crippen molar-refractivity contribution in [3.8, 4) is 0 Å². The quantitative estimate of drug-likeness (QED) is 0.775. The Morgan fingerprint density at radius 2 is 2.16 bits per heavy atom. The average Bonchev–Trinajstić information content (AvgIpc) is 2.74. The van der Waals surface area contributed by atoms with E-state index in [2.05, 4.69) is 9.46 Å². The predicted molar refractivity (Wildman–Crippen MR) is 74.2 cm³/mol. The third-order valence-corrected chi connectivity index (χ3v) is 4.23. The fourth-order valence-corrected chi connectivity index (χ4v) is 3.01. The van der Waals surface area contributed by atoms with Crippen LogP contribution in [0.25, 0.3) is 0 Å². The summed E-state index contributed by atoms with van der Waals surface area (Å²) in [5.74, 6) is -0.729. The standard InChI is InChI=1S/C11H17NO5S2/c1-8(2)17-5-7-19(14,15)12-9-4-6-18-10(9)11(13)16-3/h4,6,8,12H,5,7H2,1-3H3. The molecule has 1 N–H and O–H groups in total. The van der Waals surface area contributed by atoms with Gasteiger partial charge in [0.1, 0.15) is 4.88 Å². The molecule has 6 nitrogen and oxygen atoms in total. The fraction of sp³-hybridized carbons (Fsp3) is 0.545. The summed E-state index contributed by atoms with van der Waals surface area (Å²) in [7, 11) is -2.29. The lowest BCUT2D eigenvalue weighted by Gasteiger charge is -2.10. The van der Waals surface area contributed by atoms with Gasteiger partial charge in [0.2, 0.25) is 10.0 Å². The SMILES string of the molecule is COC(=O)c1sccc1NS(=O)(=O)CCOC(C)C. The van der Waals surface area contributed by atoms with Crippen molar-refractivity contribution in [2.45, 2.75) is 20.0 Å². The van der Waals surface area contributed by atoms with Crippen LogP contribution in [0.15, 0.2) is 11.4 Å². The average molecular weight is 307 g/mol. The van der Waals surface area contributed by atoms with Crippen LogP contribution >= 0.6 is 11.3 Å². The zero-order valence-corrected chi connectivity index (χ0v) is 12.6. The minimum atomic E-state index is -3.54. The molecule has 0 spiro atoms. The zero-order valence-electron chi connectivity index (χ0n) is 11.0. The lowest BCUT2D eigenvalue weighted by atomic mass is 10.4. The summed E-state index contributed by atoms with van der Waals surface area (Å²) in [5.41, 5.74) is 0.237. The van der Waals surface area contributed by atoms with Gasteiger partial charge >= 0.3 is 5.97 Å². The van der Waals surface area contributed by atoms with Crippen LogP contribution in [-0.4, -0.2) is 40.0 Å². The first-order valence-corrected chi connectivity index (χ1v) is 8.17. The van der Waals surface area contributed by atoms with Crippen molar-refractivity contribution in [2.24, 2.45) is 0 Å². The summed E-state index contributed by atoms with van der Waals surface area (Å²) in [6, 6.07) is 1.53. The number of anilines is 1. The van der Waals surface area contributed by atoms with Gasteiger partial charge in [-0.3, -0.25) is 4.72 Å². The summed E-state index contributed by atoms with van der Waals surface area (Å²) < 4.78 is 35.7. The summed E-state index contributed by atoms with van der Waals surface area (Å²) in [6.45, 7) is 3.76. The molecule has 0 atom stereocenters. The second-order valence-corrected chi connectivity index (χ2v) is 6.75. The van der Waals surface area contributed by atoms with E-state index >= 15 is 0 Å². The number of sulfonamides is 1. The molecule has 0 amide bonds. The Morgan fingerprint density at radius 1 is 1.47 bits per heavy atom. The van der Waals surface area contributed by atoms with Crippen molar-refractivity contribution in [2.75, 3.05) is 24.2 Å². The minimum Gasteiger partial charge on any atom is -0.465 e. The topological polar surface area (TPSA) is 81.7 Å². The molecule has 1 heterocycles. The number of carbonyl (C=O) groups is 1. The van der Waals surface area contributed by atoms with Crippen molar-refractivity contribution >= 4 is 33.0 Å². The summed E-state index contributed by atoms with van der Waals surface area (Å²) >= 11 is 1.12. The van der Waals surface area contributed by atoms with E-state index in [0.717, 1.165) is 11.3 Å². The molecule has 0 aliphatic carbocycles. The molecule has 1 aromatic heterocycles. The molecule has 0 fully saturated rings. The number of thiophene rings is 1. The molecule has 0 saturated carbocycles. The summed E-state index contributed by atoms with van der Waals surface area (Å²) in [6.07, 6.45) is -0.0259. The molecular weight excluding hydrogens is 290 g/mol. The highest BCUT2D eigenvalue weighted by Gasteiger charge is 2.18. The van der Waals surface area contributed by atoms with E-state index in [9.17, 15) is 13.2 Å². The predicted octanol–water partition coefficient (Wildman–Crippen LogP) is 1.70. The lowest BCUT2D eigenvalue weighted by molar-refractivity contribution is 0.0607. The minimum absolute atomic E-state index is 0.0259. The number of ether oxygens (including phenoxy) is 2. The van der Waals surface area contributed by atoms with Crippen molar-refractivity contribution in [3.05, 3.63) is 16.3 Å². The molecule has 0 aliphatic rings. The highest BCUT2D eigenvalue weighted by Crippen LogP contribution is 2.24. The molecule has 0 unspecified atom stereocenters. The van der Waals surface area contributed by atoms with Gasteiger partial charge in [-0.1, -0.05) is 0 Å². The van der Waals surface area contributed by atoms with Crippen LogP contribution in [0.2, 0.25) is 0 Å². The normalized spacial score (nSPS) is 11.6.